The van der Waals surface area contributed by atoms with E-state index >= 15 is 0 Å². The molecule has 0 bridgehead atoms. The minimum absolute atomic E-state index is 0.390. The predicted octanol–water partition coefficient (Wildman–Crippen LogP) is 3.16. The molecule has 2 aromatic heterocycles. The van der Waals surface area contributed by atoms with Crippen LogP contribution in [-0.2, 0) is 6.54 Å². The first-order valence-corrected chi connectivity index (χ1v) is 6.80. The Morgan fingerprint density at radius 2 is 1.79 bits per heavy atom. The Balaban J connectivity index is 2.01. The van der Waals surface area contributed by atoms with E-state index in [2.05, 4.69) is 49.4 Å². The maximum Gasteiger partial charge on any atom is 0.0729 e. The van der Waals surface area contributed by atoms with E-state index < -0.39 is 0 Å². The number of aryl methyl sites for hydroxylation is 1. The topological polar surface area (TPSA) is 47.7 Å². The molecule has 5 heteroatoms. The summed E-state index contributed by atoms with van der Waals surface area (Å²) in [4.78, 5) is 0. The second kappa shape index (κ2) is 5.47. The van der Waals surface area contributed by atoms with E-state index in [-0.39, 0.29) is 0 Å². The largest absolute Gasteiger partial charge is 0.378 e. The Kier molecular flexibility index (Phi) is 3.93. The van der Waals surface area contributed by atoms with Crippen molar-refractivity contribution in [2.45, 2.75) is 53.2 Å². The summed E-state index contributed by atoms with van der Waals surface area (Å²) in [5.41, 5.74) is 3.36. The molecule has 19 heavy (non-hydrogen) atoms. The monoisotopic (exact) mass is 261 g/mol. The summed E-state index contributed by atoms with van der Waals surface area (Å²) < 4.78 is 3.95. The highest BCUT2D eigenvalue weighted by atomic mass is 15.3. The van der Waals surface area contributed by atoms with E-state index in [1.54, 1.807) is 0 Å². The van der Waals surface area contributed by atoms with Crippen LogP contribution in [0.25, 0.3) is 0 Å². The summed E-state index contributed by atoms with van der Waals surface area (Å²) in [6.07, 6.45) is 6.01. The number of rotatable bonds is 5. The van der Waals surface area contributed by atoms with Gasteiger partial charge in [-0.1, -0.05) is 0 Å². The second-order valence-electron chi connectivity index (χ2n) is 5.47. The van der Waals surface area contributed by atoms with Gasteiger partial charge in [0.15, 0.2) is 0 Å². The summed E-state index contributed by atoms with van der Waals surface area (Å²) in [7, 11) is 0. The van der Waals surface area contributed by atoms with Crippen LogP contribution in [-0.4, -0.2) is 19.6 Å². The standard InChI is InChI=1S/C14H23N5/c1-10(2)18-9-14(7-16-18)15-6-13-8-19(11(3)4)17-12(13)5/h7-11,15H,6H2,1-5H3. The summed E-state index contributed by atoms with van der Waals surface area (Å²) in [6, 6.07) is 0.789. The average Bonchev–Trinajstić information content (AvgIpc) is 2.93. The molecule has 0 radical (unpaired) electrons. The number of aromatic nitrogens is 4. The molecule has 104 valence electrons. The van der Waals surface area contributed by atoms with Crippen molar-refractivity contribution < 1.29 is 0 Å². The summed E-state index contributed by atoms with van der Waals surface area (Å²) in [5, 5.41) is 12.2. The molecule has 0 aliphatic heterocycles. The second-order valence-corrected chi connectivity index (χ2v) is 5.47. The van der Waals surface area contributed by atoms with E-state index in [0.717, 1.165) is 17.9 Å². The molecule has 0 aliphatic carbocycles. The fourth-order valence-corrected chi connectivity index (χ4v) is 1.87. The molecule has 2 rings (SSSR count). The van der Waals surface area contributed by atoms with Crippen molar-refractivity contribution in [1.82, 2.24) is 19.6 Å². The highest BCUT2D eigenvalue weighted by molar-refractivity contribution is 5.39. The molecule has 2 heterocycles. The molecule has 2 aromatic rings. The van der Waals surface area contributed by atoms with Crippen LogP contribution in [0.3, 0.4) is 0 Å². The third kappa shape index (κ3) is 3.16. The lowest BCUT2D eigenvalue weighted by Gasteiger charge is -2.04. The summed E-state index contributed by atoms with van der Waals surface area (Å²) in [5.74, 6) is 0. The lowest BCUT2D eigenvalue weighted by molar-refractivity contribution is 0.529. The lowest BCUT2D eigenvalue weighted by Crippen LogP contribution is -2.01. The molecular weight excluding hydrogens is 238 g/mol. The third-order valence-corrected chi connectivity index (χ3v) is 3.16. The van der Waals surface area contributed by atoms with Gasteiger partial charge in [0, 0.05) is 36.6 Å². The molecule has 0 unspecified atom stereocenters. The molecular formula is C14H23N5. The van der Waals surface area contributed by atoms with E-state index in [4.69, 9.17) is 0 Å². The third-order valence-electron chi connectivity index (χ3n) is 3.16. The maximum atomic E-state index is 4.51. The zero-order valence-electron chi connectivity index (χ0n) is 12.4. The van der Waals surface area contributed by atoms with Crippen molar-refractivity contribution in [3.05, 3.63) is 29.8 Å². The van der Waals surface area contributed by atoms with Crippen LogP contribution < -0.4 is 5.32 Å². The van der Waals surface area contributed by atoms with Gasteiger partial charge < -0.3 is 5.32 Å². The van der Waals surface area contributed by atoms with Gasteiger partial charge >= 0.3 is 0 Å². The minimum atomic E-state index is 0.390. The fraction of sp³-hybridized carbons (Fsp3) is 0.571. The van der Waals surface area contributed by atoms with Gasteiger partial charge in [0.1, 0.15) is 0 Å². The van der Waals surface area contributed by atoms with Gasteiger partial charge in [0.05, 0.1) is 17.6 Å². The van der Waals surface area contributed by atoms with Crippen LogP contribution in [0, 0.1) is 6.92 Å². The number of nitrogens with zero attached hydrogens (tertiary/aromatic N) is 4. The zero-order chi connectivity index (χ0) is 14.0. The SMILES string of the molecule is Cc1nn(C(C)C)cc1CNc1cnn(C(C)C)c1. The van der Waals surface area contributed by atoms with Gasteiger partial charge in [0.2, 0.25) is 0 Å². The predicted molar refractivity (Wildman–Crippen MR) is 77.3 cm³/mol. The molecule has 0 atom stereocenters. The Morgan fingerprint density at radius 1 is 1.11 bits per heavy atom. The van der Waals surface area contributed by atoms with Crippen molar-refractivity contribution in [3.63, 3.8) is 0 Å². The quantitative estimate of drug-likeness (QED) is 0.899. The smallest absolute Gasteiger partial charge is 0.0729 e. The van der Waals surface area contributed by atoms with Gasteiger partial charge in [-0.2, -0.15) is 10.2 Å². The molecule has 0 saturated heterocycles. The van der Waals surface area contributed by atoms with Crippen molar-refractivity contribution in [1.29, 1.82) is 0 Å². The molecule has 5 nitrogen and oxygen atoms in total. The van der Waals surface area contributed by atoms with Gasteiger partial charge in [-0.3, -0.25) is 9.36 Å². The first kappa shape index (κ1) is 13.6. The summed E-state index contributed by atoms with van der Waals surface area (Å²) in [6.45, 7) is 11.3. The number of anilines is 1. The number of nitrogens with one attached hydrogen (secondary N) is 1. The van der Waals surface area contributed by atoms with Crippen LogP contribution in [0.4, 0.5) is 5.69 Å². The van der Waals surface area contributed by atoms with Crippen LogP contribution in [0.1, 0.15) is 51.0 Å². The fourth-order valence-electron chi connectivity index (χ4n) is 1.87. The van der Waals surface area contributed by atoms with Gasteiger partial charge in [-0.15, -0.1) is 0 Å². The first-order chi connectivity index (χ1) is 8.97. The molecule has 0 aliphatic rings. The maximum absolute atomic E-state index is 4.51. The first-order valence-electron chi connectivity index (χ1n) is 6.80. The molecule has 0 spiro atoms. The van der Waals surface area contributed by atoms with E-state index in [0.29, 0.717) is 12.1 Å². The highest BCUT2D eigenvalue weighted by Crippen LogP contribution is 2.14. The molecule has 1 N–H and O–H groups in total. The Morgan fingerprint density at radius 3 is 2.32 bits per heavy atom. The van der Waals surface area contributed by atoms with Crippen molar-refractivity contribution in [3.8, 4) is 0 Å². The van der Waals surface area contributed by atoms with E-state index in [1.807, 2.05) is 28.7 Å². The van der Waals surface area contributed by atoms with Crippen LogP contribution in [0.15, 0.2) is 18.6 Å². The van der Waals surface area contributed by atoms with Crippen molar-refractivity contribution in [2.75, 3.05) is 5.32 Å². The van der Waals surface area contributed by atoms with Gasteiger partial charge in [-0.05, 0) is 34.6 Å². The minimum Gasteiger partial charge on any atom is -0.378 e. The molecule has 0 aromatic carbocycles. The van der Waals surface area contributed by atoms with Crippen LogP contribution in [0.5, 0.6) is 0 Å². The van der Waals surface area contributed by atoms with Crippen LogP contribution in [0.2, 0.25) is 0 Å². The highest BCUT2D eigenvalue weighted by Gasteiger charge is 2.07. The average molecular weight is 261 g/mol. The number of hydrogen-bond acceptors (Lipinski definition) is 3. The number of hydrogen-bond donors (Lipinski definition) is 1. The molecule has 0 fully saturated rings. The molecule has 0 saturated carbocycles. The van der Waals surface area contributed by atoms with E-state index in [9.17, 15) is 0 Å². The van der Waals surface area contributed by atoms with E-state index in [1.165, 1.54) is 5.56 Å². The lowest BCUT2D eigenvalue weighted by atomic mass is 10.2. The van der Waals surface area contributed by atoms with Crippen molar-refractivity contribution >= 4 is 5.69 Å². The Bertz CT molecular complexity index is 536. The van der Waals surface area contributed by atoms with Gasteiger partial charge in [-0.25, -0.2) is 0 Å². The summed E-state index contributed by atoms with van der Waals surface area (Å²) >= 11 is 0. The Labute approximate surface area is 114 Å². The zero-order valence-corrected chi connectivity index (χ0v) is 12.4. The Hall–Kier alpha value is -1.78. The van der Waals surface area contributed by atoms with Gasteiger partial charge in [0.25, 0.3) is 0 Å². The van der Waals surface area contributed by atoms with Crippen molar-refractivity contribution in [2.24, 2.45) is 0 Å². The molecule has 0 amide bonds. The normalized spacial score (nSPS) is 11.5. The van der Waals surface area contributed by atoms with Crippen LogP contribution >= 0.6 is 0 Å².